The molecule has 3 aromatic rings. The van der Waals surface area contributed by atoms with Crippen LogP contribution in [-0.4, -0.2) is 16.2 Å². The lowest BCUT2D eigenvalue weighted by Crippen LogP contribution is -1.96. The van der Waals surface area contributed by atoms with Crippen LogP contribution in [0.4, 0.5) is 11.5 Å². The first-order valence-corrected chi connectivity index (χ1v) is 8.22. The van der Waals surface area contributed by atoms with Gasteiger partial charge in [-0.25, -0.2) is 9.97 Å². The third kappa shape index (κ3) is 3.16. The first kappa shape index (κ1) is 13.9. The number of nitrogens with zero attached hydrogens (tertiary/aromatic N) is 2. The van der Waals surface area contributed by atoms with E-state index in [9.17, 15) is 0 Å². The minimum atomic E-state index is 0.855. The van der Waals surface area contributed by atoms with E-state index in [0.29, 0.717) is 0 Å². The molecule has 4 heteroatoms. The molecule has 1 N–H and O–H groups in total. The maximum Gasteiger partial charge on any atom is 0.141 e. The molecule has 0 spiro atoms. The molecule has 3 nitrogen and oxygen atoms in total. The Balaban J connectivity index is 2.02. The molecule has 0 atom stereocenters. The highest BCUT2D eigenvalue weighted by atomic mass is 32.2. The van der Waals surface area contributed by atoms with Gasteiger partial charge in [-0.2, -0.15) is 11.8 Å². The quantitative estimate of drug-likeness (QED) is 0.766. The number of aromatic nitrogens is 2. The minimum Gasteiger partial charge on any atom is -0.340 e. The molecule has 1 heterocycles. The highest BCUT2D eigenvalue weighted by Gasteiger charge is 2.05. The van der Waals surface area contributed by atoms with Crippen LogP contribution in [0.15, 0.2) is 48.8 Å². The van der Waals surface area contributed by atoms with E-state index in [4.69, 9.17) is 0 Å². The Kier molecular flexibility index (Phi) is 4.06. The lowest BCUT2D eigenvalue weighted by molar-refractivity contribution is 1.21. The largest absolute Gasteiger partial charge is 0.340 e. The van der Waals surface area contributed by atoms with Gasteiger partial charge in [0.1, 0.15) is 12.1 Å². The second kappa shape index (κ2) is 6.14. The molecule has 21 heavy (non-hydrogen) atoms. The van der Waals surface area contributed by atoms with Gasteiger partial charge in [-0.15, -0.1) is 0 Å². The Hall–Kier alpha value is -2.07. The van der Waals surface area contributed by atoms with E-state index >= 15 is 0 Å². The molecule has 0 bridgehead atoms. The predicted octanol–water partition coefficient (Wildman–Crippen LogP) is 4.54. The average molecular weight is 295 g/mol. The monoisotopic (exact) mass is 295 g/mol. The molecule has 0 radical (unpaired) electrons. The third-order valence-electron chi connectivity index (χ3n) is 3.29. The van der Waals surface area contributed by atoms with E-state index in [0.717, 1.165) is 28.2 Å². The zero-order valence-electron chi connectivity index (χ0n) is 12.1. The van der Waals surface area contributed by atoms with Gasteiger partial charge in [-0.05, 0) is 48.6 Å². The number of hydrogen-bond acceptors (Lipinski definition) is 4. The molecule has 1 aromatic heterocycles. The van der Waals surface area contributed by atoms with E-state index in [2.05, 4.69) is 58.8 Å². The van der Waals surface area contributed by atoms with E-state index in [-0.39, 0.29) is 0 Å². The normalized spacial score (nSPS) is 10.8. The van der Waals surface area contributed by atoms with Crippen LogP contribution in [-0.2, 0) is 5.75 Å². The molecular weight excluding hydrogens is 278 g/mol. The smallest absolute Gasteiger partial charge is 0.141 e. The molecule has 0 saturated heterocycles. The van der Waals surface area contributed by atoms with Gasteiger partial charge in [0.2, 0.25) is 0 Å². The lowest BCUT2D eigenvalue weighted by atomic mass is 10.1. The Bertz CT molecular complexity index is 771. The highest BCUT2D eigenvalue weighted by molar-refractivity contribution is 7.97. The van der Waals surface area contributed by atoms with Crippen molar-refractivity contribution >= 4 is 34.2 Å². The number of rotatable bonds is 4. The summed E-state index contributed by atoms with van der Waals surface area (Å²) >= 11 is 1.81. The summed E-state index contributed by atoms with van der Waals surface area (Å²) in [5, 5.41) is 4.46. The average Bonchev–Trinajstić information content (AvgIpc) is 2.48. The van der Waals surface area contributed by atoms with E-state index in [1.807, 2.05) is 23.9 Å². The number of hydrogen-bond donors (Lipinski definition) is 1. The number of fused-ring (bicyclic) bond motifs is 1. The summed E-state index contributed by atoms with van der Waals surface area (Å²) in [5.41, 5.74) is 4.52. The van der Waals surface area contributed by atoms with Crippen LogP contribution in [0.5, 0.6) is 0 Å². The summed E-state index contributed by atoms with van der Waals surface area (Å²) < 4.78 is 0. The van der Waals surface area contributed by atoms with Crippen LogP contribution in [0.1, 0.15) is 11.1 Å². The zero-order valence-corrected chi connectivity index (χ0v) is 12.9. The molecule has 106 valence electrons. The summed E-state index contributed by atoms with van der Waals surface area (Å²) in [7, 11) is 0. The van der Waals surface area contributed by atoms with Gasteiger partial charge < -0.3 is 5.32 Å². The second-order valence-electron chi connectivity index (χ2n) is 5.00. The molecule has 0 aliphatic rings. The first-order chi connectivity index (χ1) is 10.3. The molecule has 2 aromatic carbocycles. The fourth-order valence-electron chi connectivity index (χ4n) is 2.32. The topological polar surface area (TPSA) is 37.8 Å². The fourth-order valence-corrected chi connectivity index (χ4v) is 2.83. The second-order valence-corrected chi connectivity index (χ2v) is 5.87. The van der Waals surface area contributed by atoms with E-state index in [1.165, 1.54) is 11.1 Å². The molecule has 0 fully saturated rings. The van der Waals surface area contributed by atoms with Crippen molar-refractivity contribution < 1.29 is 0 Å². The Morgan fingerprint density at radius 1 is 1.10 bits per heavy atom. The van der Waals surface area contributed by atoms with Crippen LogP contribution >= 0.6 is 11.8 Å². The summed E-state index contributed by atoms with van der Waals surface area (Å²) in [4.78, 5) is 8.75. The Morgan fingerprint density at radius 3 is 2.81 bits per heavy atom. The highest BCUT2D eigenvalue weighted by Crippen LogP contribution is 2.25. The van der Waals surface area contributed by atoms with Crippen molar-refractivity contribution in [3.8, 4) is 0 Å². The van der Waals surface area contributed by atoms with Gasteiger partial charge in [0.25, 0.3) is 0 Å². The van der Waals surface area contributed by atoms with Gasteiger partial charge in [0, 0.05) is 16.8 Å². The summed E-state index contributed by atoms with van der Waals surface area (Å²) in [6.07, 6.45) is 3.71. The first-order valence-electron chi connectivity index (χ1n) is 6.82. The number of thioether (sulfide) groups is 1. The zero-order chi connectivity index (χ0) is 14.7. The van der Waals surface area contributed by atoms with Gasteiger partial charge in [0.05, 0.1) is 5.52 Å². The van der Waals surface area contributed by atoms with Crippen molar-refractivity contribution in [3.05, 3.63) is 59.9 Å². The van der Waals surface area contributed by atoms with Crippen LogP contribution in [0, 0.1) is 6.92 Å². The molecule has 0 unspecified atom stereocenters. The minimum absolute atomic E-state index is 0.855. The van der Waals surface area contributed by atoms with E-state index < -0.39 is 0 Å². The van der Waals surface area contributed by atoms with Crippen molar-refractivity contribution in [1.82, 2.24) is 9.97 Å². The van der Waals surface area contributed by atoms with Crippen molar-refractivity contribution in [2.24, 2.45) is 0 Å². The van der Waals surface area contributed by atoms with Crippen molar-refractivity contribution in [2.75, 3.05) is 11.6 Å². The molecule has 0 amide bonds. The van der Waals surface area contributed by atoms with Crippen LogP contribution in [0.2, 0.25) is 0 Å². The van der Waals surface area contributed by atoms with Crippen molar-refractivity contribution in [1.29, 1.82) is 0 Å². The number of nitrogens with one attached hydrogen (secondary N) is 1. The molecule has 3 rings (SSSR count). The van der Waals surface area contributed by atoms with Crippen LogP contribution in [0.25, 0.3) is 10.9 Å². The molecular formula is C17H17N3S. The van der Waals surface area contributed by atoms with Crippen LogP contribution < -0.4 is 5.32 Å². The van der Waals surface area contributed by atoms with Crippen molar-refractivity contribution in [3.63, 3.8) is 0 Å². The summed E-state index contributed by atoms with van der Waals surface area (Å²) in [6.45, 7) is 2.08. The molecule has 0 saturated carbocycles. The lowest BCUT2D eigenvalue weighted by Gasteiger charge is -2.10. The standard InChI is InChI=1S/C17H17N3S/c1-12-4-3-5-14(8-12)20-17-15-9-13(10-21-2)6-7-16(15)18-11-19-17/h3-9,11H,10H2,1-2H3,(H,18,19,20). The summed E-state index contributed by atoms with van der Waals surface area (Å²) in [5.74, 6) is 1.85. The third-order valence-corrected chi connectivity index (χ3v) is 3.91. The molecule has 0 aliphatic heterocycles. The number of anilines is 2. The maximum absolute atomic E-state index is 4.40. The number of benzene rings is 2. The van der Waals surface area contributed by atoms with E-state index in [1.54, 1.807) is 6.33 Å². The molecule has 0 aliphatic carbocycles. The van der Waals surface area contributed by atoms with Gasteiger partial charge in [-0.1, -0.05) is 18.2 Å². The van der Waals surface area contributed by atoms with Crippen LogP contribution in [0.3, 0.4) is 0 Å². The summed E-state index contributed by atoms with van der Waals surface area (Å²) in [6, 6.07) is 14.6. The predicted molar refractivity (Wildman–Crippen MR) is 91.2 cm³/mol. The Labute approximate surface area is 128 Å². The fraction of sp³-hybridized carbons (Fsp3) is 0.176. The SMILES string of the molecule is CSCc1ccc2ncnc(Nc3cccc(C)c3)c2c1. The van der Waals surface area contributed by atoms with Crippen molar-refractivity contribution in [2.45, 2.75) is 12.7 Å². The Morgan fingerprint density at radius 2 is 2.00 bits per heavy atom. The van der Waals surface area contributed by atoms with Gasteiger partial charge >= 0.3 is 0 Å². The number of aryl methyl sites for hydroxylation is 1. The van der Waals surface area contributed by atoms with Gasteiger partial charge in [-0.3, -0.25) is 0 Å². The van der Waals surface area contributed by atoms with Gasteiger partial charge in [0.15, 0.2) is 0 Å². The maximum atomic E-state index is 4.40.